The molecule has 0 bridgehead atoms. The van der Waals surface area contributed by atoms with Gasteiger partial charge in [-0.3, -0.25) is 0 Å². The van der Waals surface area contributed by atoms with Crippen molar-refractivity contribution in [2.24, 2.45) is 0 Å². The quantitative estimate of drug-likeness (QED) is 0.508. The van der Waals surface area contributed by atoms with Gasteiger partial charge in [0.2, 0.25) is 0 Å². The number of hydrogen-bond acceptors (Lipinski definition) is 0. The van der Waals surface area contributed by atoms with Crippen molar-refractivity contribution in [2.75, 3.05) is 0 Å². The Morgan fingerprint density at radius 2 is 1.26 bits per heavy atom. The van der Waals surface area contributed by atoms with E-state index in [1.54, 1.807) is 0 Å². The molecule has 19 heavy (non-hydrogen) atoms. The molecule has 2 aromatic carbocycles. The van der Waals surface area contributed by atoms with Crippen molar-refractivity contribution in [2.45, 2.75) is 49.5 Å². The molecule has 0 saturated carbocycles. The molecule has 0 N–H and O–H groups in total. The zero-order chi connectivity index (χ0) is 13.3. The van der Waals surface area contributed by atoms with E-state index in [1.807, 2.05) is 34.6 Å². The maximum Gasteiger partial charge on any atom is -0.0178 e. The van der Waals surface area contributed by atoms with Crippen molar-refractivity contribution in [1.29, 1.82) is 0 Å². The minimum absolute atomic E-state index is 0. The van der Waals surface area contributed by atoms with Crippen molar-refractivity contribution in [1.82, 2.24) is 0 Å². The van der Waals surface area contributed by atoms with Gasteiger partial charge in [-0.25, -0.2) is 0 Å². The Balaban J connectivity index is -0.000000392. The predicted octanol–water partition coefficient (Wildman–Crippen LogP) is 7.20. The van der Waals surface area contributed by atoms with Crippen LogP contribution in [0.1, 0.15) is 55.0 Å². The Morgan fingerprint density at radius 3 is 1.74 bits per heavy atom. The third-order valence-corrected chi connectivity index (χ3v) is 2.24. The maximum atomic E-state index is 3.93. The van der Waals surface area contributed by atoms with Crippen LogP contribution in [0.4, 0.5) is 0 Å². The van der Waals surface area contributed by atoms with Gasteiger partial charge in [-0.2, -0.15) is 0 Å². The number of fused-ring (bicyclic) bond motifs is 1. The standard InChI is InChI=1S/C13H12.2C2H6.2CH4/c1-10(2)12-8-7-11-5-3-4-6-13(11)9-12;2*1-2;;/h3-9H,1H2,2H3;2*1-2H3;2*1H4. The van der Waals surface area contributed by atoms with Crippen LogP contribution in [-0.4, -0.2) is 0 Å². The van der Waals surface area contributed by atoms with E-state index in [4.69, 9.17) is 0 Å². The summed E-state index contributed by atoms with van der Waals surface area (Å²) in [6.45, 7) is 14.0. The number of hydrogen-bond donors (Lipinski definition) is 0. The van der Waals surface area contributed by atoms with Gasteiger partial charge in [0, 0.05) is 0 Å². The fourth-order valence-corrected chi connectivity index (χ4v) is 1.45. The van der Waals surface area contributed by atoms with Gasteiger partial charge in [0.15, 0.2) is 0 Å². The summed E-state index contributed by atoms with van der Waals surface area (Å²) in [4.78, 5) is 0. The van der Waals surface area contributed by atoms with Crippen LogP contribution in [0.15, 0.2) is 49.0 Å². The lowest BCUT2D eigenvalue weighted by atomic mass is 10.0. The van der Waals surface area contributed by atoms with Crippen molar-refractivity contribution in [3.63, 3.8) is 0 Å². The maximum absolute atomic E-state index is 3.93. The van der Waals surface area contributed by atoms with Crippen LogP contribution < -0.4 is 0 Å². The van der Waals surface area contributed by atoms with E-state index in [1.165, 1.54) is 16.3 Å². The predicted molar refractivity (Wildman–Crippen MR) is 94.8 cm³/mol. The van der Waals surface area contributed by atoms with Gasteiger partial charge in [0.05, 0.1) is 0 Å². The molecule has 0 aliphatic rings. The van der Waals surface area contributed by atoms with E-state index in [-0.39, 0.29) is 14.9 Å². The highest BCUT2D eigenvalue weighted by molar-refractivity contribution is 5.85. The molecule has 0 aromatic heterocycles. The third-order valence-electron chi connectivity index (χ3n) is 2.24. The largest absolute Gasteiger partial charge is 0.0955 e. The minimum Gasteiger partial charge on any atom is -0.0955 e. The van der Waals surface area contributed by atoms with Crippen LogP contribution in [0.5, 0.6) is 0 Å². The highest BCUT2D eigenvalue weighted by Crippen LogP contribution is 2.19. The first-order chi connectivity index (χ1) is 8.27. The summed E-state index contributed by atoms with van der Waals surface area (Å²) < 4.78 is 0. The molecule has 2 aromatic rings. The van der Waals surface area contributed by atoms with Gasteiger partial charge < -0.3 is 0 Å². The average molecular weight is 260 g/mol. The highest BCUT2D eigenvalue weighted by Gasteiger charge is 1.95. The van der Waals surface area contributed by atoms with Gasteiger partial charge >= 0.3 is 0 Å². The highest BCUT2D eigenvalue weighted by atomic mass is 14.0. The van der Waals surface area contributed by atoms with Crippen LogP contribution in [0, 0.1) is 0 Å². The summed E-state index contributed by atoms with van der Waals surface area (Å²) >= 11 is 0. The Bertz CT molecular complexity index is 452. The van der Waals surface area contributed by atoms with Gasteiger partial charge in [-0.15, -0.1) is 0 Å². The Labute approximate surface area is 121 Å². The second kappa shape index (κ2) is 12.9. The van der Waals surface area contributed by atoms with Gasteiger partial charge in [0.25, 0.3) is 0 Å². The molecule has 2 rings (SSSR count). The van der Waals surface area contributed by atoms with E-state index in [2.05, 4.69) is 49.0 Å². The fourth-order valence-electron chi connectivity index (χ4n) is 1.45. The fraction of sp³-hybridized carbons (Fsp3) is 0.368. The molecule has 0 unspecified atom stereocenters. The molecule has 0 spiro atoms. The summed E-state index contributed by atoms with van der Waals surface area (Å²) in [7, 11) is 0. The van der Waals surface area contributed by atoms with Crippen LogP contribution in [0.3, 0.4) is 0 Å². The first kappa shape index (κ1) is 22.6. The molecule has 0 amide bonds. The van der Waals surface area contributed by atoms with E-state index in [0.29, 0.717) is 0 Å². The Kier molecular flexibility index (Phi) is 15.3. The van der Waals surface area contributed by atoms with Gasteiger partial charge in [-0.1, -0.05) is 91.1 Å². The lowest BCUT2D eigenvalue weighted by molar-refractivity contribution is 1.50. The monoisotopic (exact) mass is 260 g/mol. The van der Waals surface area contributed by atoms with Crippen LogP contribution in [-0.2, 0) is 0 Å². The average Bonchev–Trinajstić information content (AvgIpc) is 2.42. The number of rotatable bonds is 1. The molecule has 0 radical (unpaired) electrons. The molecule has 0 heteroatoms. The normalized spacial score (nSPS) is 7.63. The summed E-state index contributed by atoms with van der Waals surface area (Å²) in [6.07, 6.45) is 0. The summed E-state index contributed by atoms with van der Waals surface area (Å²) in [5.41, 5.74) is 2.34. The van der Waals surface area contributed by atoms with Gasteiger partial charge in [-0.05, 0) is 29.3 Å². The van der Waals surface area contributed by atoms with Crippen molar-refractivity contribution in [3.8, 4) is 0 Å². The lowest BCUT2D eigenvalue weighted by Gasteiger charge is -2.01. The van der Waals surface area contributed by atoms with Crippen molar-refractivity contribution in [3.05, 3.63) is 54.6 Å². The lowest BCUT2D eigenvalue weighted by Crippen LogP contribution is -1.78. The third kappa shape index (κ3) is 6.81. The SMILES string of the molecule is C.C.C=C(C)c1ccc2ccccc2c1.CC.CC. The number of benzene rings is 2. The van der Waals surface area contributed by atoms with Gasteiger partial charge in [0.1, 0.15) is 0 Å². The topological polar surface area (TPSA) is 0 Å². The molecular weight excluding hydrogens is 228 g/mol. The first-order valence-corrected chi connectivity index (χ1v) is 6.42. The second-order valence-corrected chi connectivity index (χ2v) is 3.34. The zero-order valence-corrected chi connectivity index (χ0v) is 11.7. The molecule has 108 valence electrons. The van der Waals surface area contributed by atoms with E-state index < -0.39 is 0 Å². The molecule has 0 fully saturated rings. The Morgan fingerprint density at radius 1 is 0.789 bits per heavy atom. The molecule has 0 aliphatic carbocycles. The first-order valence-electron chi connectivity index (χ1n) is 6.42. The molecular formula is C19H32. The second-order valence-electron chi connectivity index (χ2n) is 3.34. The van der Waals surface area contributed by atoms with Crippen LogP contribution in [0.2, 0.25) is 0 Å². The Hall–Kier alpha value is -1.56. The molecule has 0 nitrogen and oxygen atoms in total. The summed E-state index contributed by atoms with van der Waals surface area (Å²) in [5, 5.41) is 2.57. The molecule has 0 aliphatic heterocycles. The van der Waals surface area contributed by atoms with Crippen molar-refractivity contribution >= 4 is 16.3 Å². The number of allylic oxidation sites excluding steroid dienone is 1. The summed E-state index contributed by atoms with van der Waals surface area (Å²) in [5.74, 6) is 0. The molecule has 0 heterocycles. The van der Waals surface area contributed by atoms with Crippen LogP contribution in [0.25, 0.3) is 16.3 Å². The van der Waals surface area contributed by atoms with E-state index >= 15 is 0 Å². The molecule has 0 atom stereocenters. The van der Waals surface area contributed by atoms with E-state index in [9.17, 15) is 0 Å². The van der Waals surface area contributed by atoms with Crippen molar-refractivity contribution < 1.29 is 0 Å². The van der Waals surface area contributed by atoms with Crippen LogP contribution >= 0.6 is 0 Å². The summed E-state index contributed by atoms with van der Waals surface area (Å²) in [6, 6.07) is 14.8. The molecule has 0 saturated heterocycles. The van der Waals surface area contributed by atoms with E-state index in [0.717, 1.165) is 5.57 Å². The zero-order valence-electron chi connectivity index (χ0n) is 11.7. The minimum atomic E-state index is 0. The smallest absolute Gasteiger partial charge is 0.0178 e.